The minimum absolute atomic E-state index is 0.0692. The zero-order chi connectivity index (χ0) is 18.5. The number of ether oxygens (including phenoxy) is 1. The van der Waals surface area contributed by atoms with Crippen LogP contribution in [0.1, 0.15) is 12.1 Å². The van der Waals surface area contributed by atoms with Gasteiger partial charge < -0.3 is 14.7 Å². The van der Waals surface area contributed by atoms with E-state index in [9.17, 15) is 4.79 Å². The van der Waals surface area contributed by atoms with Crippen molar-refractivity contribution in [2.75, 3.05) is 27.2 Å². The third-order valence-corrected chi connectivity index (χ3v) is 4.90. The molecule has 0 aliphatic heterocycles. The molecule has 0 atom stereocenters. The first-order valence-corrected chi connectivity index (χ1v) is 9.38. The molecule has 0 saturated heterocycles. The van der Waals surface area contributed by atoms with Crippen molar-refractivity contribution in [3.8, 4) is 16.3 Å². The Morgan fingerprint density at radius 2 is 2.04 bits per heavy atom. The first kappa shape index (κ1) is 18.4. The molecular weight excluding hydrogens is 348 g/mol. The van der Waals surface area contributed by atoms with Crippen LogP contribution in [-0.2, 0) is 11.2 Å². The zero-order valence-electron chi connectivity index (χ0n) is 14.9. The zero-order valence-corrected chi connectivity index (χ0v) is 15.8. The topological polar surface area (TPSA) is 62.7 Å². The summed E-state index contributed by atoms with van der Waals surface area (Å²) in [4.78, 5) is 17.6. The first-order valence-electron chi connectivity index (χ1n) is 8.50. The van der Waals surface area contributed by atoms with E-state index in [1.165, 1.54) is 11.3 Å². The number of benzene rings is 2. The molecule has 3 rings (SSSR count). The number of nitrogens with zero attached hydrogens (tertiary/aromatic N) is 2. The van der Waals surface area contributed by atoms with Gasteiger partial charge in [0.25, 0.3) is 0 Å². The Kier molecular flexibility index (Phi) is 5.85. The summed E-state index contributed by atoms with van der Waals surface area (Å²) >= 11 is 1.46. The maximum absolute atomic E-state index is 11.0. The molecule has 0 aliphatic carbocycles. The Hall–Kier alpha value is -2.44. The van der Waals surface area contributed by atoms with Crippen molar-refractivity contribution in [1.29, 1.82) is 0 Å². The van der Waals surface area contributed by atoms with Crippen LogP contribution < -0.4 is 4.74 Å². The summed E-state index contributed by atoms with van der Waals surface area (Å²) in [6.07, 6.45) is 0.863. The summed E-state index contributed by atoms with van der Waals surface area (Å²) < 4.78 is 6.06. The summed E-state index contributed by atoms with van der Waals surface area (Å²) in [6.45, 7) is 1.58. The molecule has 0 radical (unpaired) electrons. The second-order valence-electron chi connectivity index (χ2n) is 6.38. The lowest BCUT2D eigenvalue weighted by Gasteiger charge is -2.14. The van der Waals surface area contributed by atoms with Crippen LogP contribution in [0.3, 0.4) is 0 Å². The quantitative estimate of drug-likeness (QED) is 0.609. The average Bonchev–Trinajstić information content (AvgIpc) is 3.05. The molecule has 3 aromatic rings. The first-order chi connectivity index (χ1) is 12.5. The Morgan fingerprint density at radius 3 is 2.81 bits per heavy atom. The van der Waals surface area contributed by atoms with Crippen molar-refractivity contribution >= 4 is 28.1 Å². The Bertz CT molecular complexity index is 905. The molecule has 2 aromatic carbocycles. The van der Waals surface area contributed by atoms with Gasteiger partial charge in [-0.2, -0.15) is 0 Å². The number of carboxylic acids is 1. The maximum atomic E-state index is 11.0. The van der Waals surface area contributed by atoms with Gasteiger partial charge in [0, 0.05) is 11.9 Å². The van der Waals surface area contributed by atoms with Crippen LogP contribution in [0.4, 0.5) is 0 Å². The molecule has 1 aromatic heterocycles. The minimum Gasteiger partial charge on any atom is -0.493 e. The third kappa shape index (κ3) is 4.39. The SMILES string of the molecule is CN(C)CCCOc1ccc2ccccc2c1-c1nc(CC(=O)O)cs1. The lowest BCUT2D eigenvalue weighted by molar-refractivity contribution is -0.136. The largest absolute Gasteiger partial charge is 0.493 e. The van der Waals surface area contributed by atoms with E-state index in [4.69, 9.17) is 9.84 Å². The standard InChI is InChI=1S/C20H22N2O3S/c1-22(2)10-5-11-25-17-9-8-14-6-3-4-7-16(14)19(17)20-21-15(13-26-20)12-18(23)24/h3-4,6-9,13H,5,10-12H2,1-2H3,(H,23,24). The molecule has 136 valence electrons. The van der Waals surface area contributed by atoms with Gasteiger partial charge in [-0.25, -0.2) is 4.98 Å². The fourth-order valence-electron chi connectivity index (χ4n) is 2.81. The number of aromatic nitrogens is 1. The molecule has 6 heteroatoms. The van der Waals surface area contributed by atoms with E-state index in [-0.39, 0.29) is 6.42 Å². The van der Waals surface area contributed by atoms with Crippen LogP contribution in [0.2, 0.25) is 0 Å². The van der Waals surface area contributed by atoms with Gasteiger partial charge in [-0.05, 0) is 37.4 Å². The van der Waals surface area contributed by atoms with E-state index in [0.717, 1.165) is 40.1 Å². The van der Waals surface area contributed by atoms with E-state index in [1.54, 1.807) is 5.38 Å². The van der Waals surface area contributed by atoms with Crippen LogP contribution in [0.15, 0.2) is 41.8 Å². The third-order valence-electron chi connectivity index (χ3n) is 4.00. The van der Waals surface area contributed by atoms with Crippen molar-refractivity contribution < 1.29 is 14.6 Å². The molecule has 1 N–H and O–H groups in total. The van der Waals surface area contributed by atoms with E-state index >= 15 is 0 Å². The summed E-state index contributed by atoms with van der Waals surface area (Å²) in [5, 5.41) is 13.8. The van der Waals surface area contributed by atoms with Crippen LogP contribution in [-0.4, -0.2) is 48.2 Å². The number of carbonyl (C=O) groups is 1. The summed E-state index contributed by atoms with van der Waals surface area (Å²) in [5.41, 5.74) is 1.51. The summed E-state index contributed by atoms with van der Waals surface area (Å²) in [6, 6.07) is 12.1. The van der Waals surface area contributed by atoms with Gasteiger partial charge in [-0.3, -0.25) is 4.79 Å². The van der Waals surface area contributed by atoms with Crippen molar-refractivity contribution in [1.82, 2.24) is 9.88 Å². The number of aliphatic carboxylic acids is 1. The van der Waals surface area contributed by atoms with Crippen molar-refractivity contribution in [2.45, 2.75) is 12.8 Å². The van der Waals surface area contributed by atoms with E-state index in [0.29, 0.717) is 12.3 Å². The number of carboxylic acid groups (broad SMARTS) is 1. The molecule has 0 amide bonds. The number of fused-ring (bicyclic) bond motifs is 1. The molecule has 0 fully saturated rings. The molecule has 0 bridgehead atoms. The predicted octanol–water partition coefficient (Wildman–Crippen LogP) is 3.92. The normalized spacial score (nSPS) is 11.2. The van der Waals surface area contributed by atoms with E-state index < -0.39 is 5.97 Å². The smallest absolute Gasteiger partial charge is 0.309 e. The molecule has 0 aliphatic rings. The van der Waals surface area contributed by atoms with Gasteiger partial charge in [0.15, 0.2) is 0 Å². The number of hydrogen-bond acceptors (Lipinski definition) is 5. The fraction of sp³-hybridized carbons (Fsp3) is 0.300. The number of rotatable bonds is 8. The van der Waals surface area contributed by atoms with E-state index in [1.807, 2.05) is 38.4 Å². The Balaban J connectivity index is 1.95. The second-order valence-corrected chi connectivity index (χ2v) is 7.24. The monoisotopic (exact) mass is 370 g/mol. The average molecular weight is 370 g/mol. The minimum atomic E-state index is -0.875. The molecule has 0 spiro atoms. The Morgan fingerprint density at radius 1 is 1.23 bits per heavy atom. The lowest BCUT2D eigenvalue weighted by Crippen LogP contribution is -2.15. The van der Waals surface area contributed by atoms with E-state index in [2.05, 4.69) is 22.0 Å². The number of thiazole rings is 1. The molecule has 0 saturated carbocycles. The van der Waals surface area contributed by atoms with Gasteiger partial charge in [0.2, 0.25) is 0 Å². The van der Waals surface area contributed by atoms with Gasteiger partial charge in [-0.15, -0.1) is 11.3 Å². The van der Waals surface area contributed by atoms with Crippen LogP contribution in [0.5, 0.6) is 5.75 Å². The molecule has 0 unspecified atom stereocenters. The highest BCUT2D eigenvalue weighted by Gasteiger charge is 2.16. The molecular formula is C20H22N2O3S. The fourth-order valence-corrected chi connectivity index (χ4v) is 3.70. The van der Waals surface area contributed by atoms with Crippen LogP contribution in [0.25, 0.3) is 21.3 Å². The van der Waals surface area contributed by atoms with Gasteiger partial charge in [0.05, 0.1) is 24.3 Å². The molecule has 1 heterocycles. The maximum Gasteiger partial charge on any atom is 0.309 e. The van der Waals surface area contributed by atoms with Crippen molar-refractivity contribution in [2.24, 2.45) is 0 Å². The predicted molar refractivity (Wildman–Crippen MR) is 105 cm³/mol. The lowest BCUT2D eigenvalue weighted by atomic mass is 10.0. The highest BCUT2D eigenvalue weighted by atomic mass is 32.1. The molecule has 5 nitrogen and oxygen atoms in total. The van der Waals surface area contributed by atoms with Gasteiger partial charge in [0.1, 0.15) is 10.8 Å². The van der Waals surface area contributed by atoms with Gasteiger partial charge in [-0.1, -0.05) is 30.3 Å². The van der Waals surface area contributed by atoms with Gasteiger partial charge >= 0.3 is 5.97 Å². The van der Waals surface area contributed by atoms with Crippen molar-refractivity contribution in [3.05, 3.63) is 47.5 Å². The number of hydrogen-bond donors (Lipinski definition) is 1. The van der Waals surface area contributed by atoms with Crippen LogP contribution >= 0.6 is 11.3 Å². The summed E-state index contributed by atoms with van der Waals surface area (Å²) in [7, 11) is 4.09. The Labute approximate surface area is 156 Å². The highest BCUT2D eigenvalue weighted by molar-refractivity contribution is 7.13. The molecule has 26 heavy (non-hydrogen) atoms. The van der Waals surface area contributed by atoms with Crippen molar-refractivity contribution in [3.63, 3.8) is 0 Å². The van der Waals surface area contributed by atoms with Crippen LogP contribution in [0, 0.1) is 0 Å². The highest BCUT2D eigenvalue weighted by Crippen LogP contribution is 2.38. The summed E-state index contributed by atoms with van der Waals surface area (Å²) in [5.74, 6) is -0.0846. The second kappa shape index (κ2) is 8.29.